The molecule has 0 spiro atoms. The zero-order valence-corrected chi connectivity index (χ0v) is 9.72. The normalized spacial score (nSPS) is 20.1. The number of nitrogens with zero attached hydrogens (tertiary/aromatic N) is 1. The molecule has 5 heteroatoms. The summed E-state index contributed by atoms with van der Waals surface area (Å²) in [6, 6.07) is 5.34. The van der Waals surface area contributed by atoms with Crippen molar-refractivity contribution in [1.29, 1.82) is 0 Å². The van der Waals surface area contributed by atoms with E-state index in [4.69, 9.17) is 5.73 Å². The first-order valence-corrected chi connectivity index (χ1v) is 5.84. The van der Waals surface area contributed by atoms with Crippen LogP contribution in [0.15, 0.2) is 30.6 Å². The first-order valence-electron chi connectivity index (χ1n) is 5.84. The van der Waals surface area contributed by atoms with Crippen LogP contribution in [0.25, 0.3) is 10.8 Å². The number of piperidine rings is 1. The van der Waals surface area contributed by atoms with Gasteiger partial charge < -0.3 is 10.3 Å². The fourth-order valence-electron chi connectivity index (χ4n) is 2.36. The second-order valence-corrected chi connectivity index (χ2v) is 4.52. The first-order chi connectivity index (χ1) is 8.65. The number of nitrogen functional groups attached to an aromatic ring is 1. The number of aromatic nitrogens is 1. The Morgan fingerprint density at radius 3 is 2.83 bits per heavy atom. The monoisotopic (exact) mass is 243 g/mol. The maximum absolute atomic E-state index is 11.8. The number of imide groups is 1. The van der Waals surface area contributed by atoms with Gasteiger partial charge in [-0.2, -0.15) is 0 Å². The molecule has 1 aliphatic rings. The number of carbonyl (C=O) groups excluding carboxylic acids is 2. The van der Waals surface area contributed by atoms with Crippen molar-refractivity contribution in [2.45, 2.75) is 18.9 Å². The van der Waals surface area contributed by atoms with Crippen LogP contribution in [0.1, 0.15) is 18.9 Å². The summed E-state index contributed by atoms with van der Waals surface area (Å²) in [4.78, 5) is 22.9. The van der Waals surface area contributed by atoms with Gasteiger partial charge in [0, 0.05) is 35.3 Å². The molecule has 0 saturated carbocycles. The molecule has 92 valence electrons. The van der Waals surface area contributed by atoms with Gasteiger partial charge in [0.25, 0.3) is 0 Å². The summed E-state index contributed by atoms with van der Waals surface area (Å²) in [5, 5.41) is 4.29. The average Bonchev–Trinajstić information content (AvgIpc) is 2.74. The minimum atomic E-state index is -0.325. The Kier molecular flexibility index (Phi) is 2.33. The summed E-state index contributed by atoms with van der Waals surface area (Å²) in [5.74, 6) is -0.447. The lowest BCUT2D eigenvalue weighted by atomic mass is 10.1. The SMILES string of the molecule is Nc1cccc2cn(C3CCC(=O)NC3=O)cc12. The maximum Gasteiger partial charge on any atom is 0.249 e. The van der Waals surface area contributed by atoms with Gasteiger partial charge in [-0.25, -0.2) is 0 Å². The van der Waals surface area contributed by atoms with Gasteiger partial charge in [0.1, 0.15) is 6.04 Å². The molecule has 0 bridgehead atoms. The number of fused-ring (bicyclic) bond motifs is 1. The highest BCUT2D eigenvalue weighted by atomic mass is 16.2. The van der Waals surface area contributed by atoms with Crippen LogP contribution < -0.4 is 11.1 Å². The van der Waals surface area contributed by atoms with Crippen LogP contribution in [-0.2, 0) is 9.59 Å². The quantitative estimate of drug-likeness (QED) is 0.583. The van der Waals surface area contributed by atoms with E-state index < -0.39 is 0 Å². The topological polar surface area (TPSA) is 77.1 Å². The molecule has 3 N–H and O–H groups in total. The van der Waals surface area contributed by atoms with Crippen LogP contribution in [0.3, 0.4) is 0 Å². The molecule has 0 aliphatic carbocycles. The van der Waals surface area contributed by atoms with Crippen LogP contribution >= 0.6 is 0 Å². The zero-order chi connectivity index (χ0) is 12.7. The predicted octanol–water partition coefficient (Wildman–Crippen LogP) is 1.20. The predicted molar refractivity (Wildman–Crippen MR) is 67.8 cm³/mol. The van der Waals surface area contributed by atoms with Gasteiger partial charge in [-0.15, -0.1) is 0 Å². The van der Waals surface area contributed by atoms with E-state index in [2.05, 4.69) is 5.32 Å². The van der Waals surface area contributed by atoms with E-state index >= 15 is 0 Å². The first kappa shape index (κ1) is 10.8. The summed E-state index contributed by atoms with van der Waals surface area (Å²) in [7, 11) is 0. The standard InChI is InChI=1S/C13H13N3O2/c14-10-3-1-2-8-6-16(7-9(8)10)11-4-5-12(17)15-13(11)18/h1-3,6-7,11H,4-5,14H2,(H,15,17,18). The van der Waals surface area contributed by atoms with Crippen molar-refractivity contribution in [3.8, 4) is 0 Å². The molecule has 1 aromatic heterocycles. The van der Waals surface area contributed by atoms with Crippen molar-refractivity contribution in [2.24, 2.45) is 0 Å². The third kappa shape index (κ3) is 1.64. The Bertz CT molecular complexity index is 645. The molecule has 0 radical (unpaired) electrons. The molecule has 1 aromatic carbocycles. The van der Waals surface area contributed by atoms with Crippen LogP contribution in [0.2, 0.25) is 0 Å². The van der Waals surface area contributed by atoms with Crippen molar-refractivity contribution in [2.75, 3.05) is 5.73 Å². The number of benzene rings is 1. The number of rotatable bonds is 1. The summed E-state index contributed by atoms with van der Waals surface area (Å²) in [5.41, 5.74) is 6.58. The van der Waals surface area contributed by atoms with Crippen molar-refractivity contribution >= 4 is 28.3 Å². The van der Waals surface area contributed by atoms with E-state index in [1.165, 1.54) is 0 Å². The number of carbonyl (C=O) groups is 2. The van der Waals surface area contributed by atoms with Crippen molar-refractivity contribution in [1.82, 2.24) is 9.88 Å². The second kappa shape index (κ2) is 3.87. The van der Waals surface area contributed by atoms with Gasteiger partial charge in [0.15, 0.2) is 0 Å². The molecule has 1 fully saturated rings. The highest BCUT2D eigenvalue weighted by molar-refractivity contribution is 6.00. The minimum Gasteiger partial charge on any atom is -0.398 e. The number of anilines is 1. The molecule has 2 amide bonds. The van der Waals surface area contributed by atoms with Crippen LogP contribution in [0.4, 0.5) is 5.69 Å². The average molecular weight is 243 g/mol. The summed E-state index contributed by atoms with van der Waals surface area (Å²) >= 11 is 0. The molecule has 2 aromatic rings. The molecule has 1 aliphatic heterocycles. The van der Waals surface area contributed by atoms with E-state index in [1.54, 1.807) is 0 Å². The Balaban J connectivity index is 2.02. The molecule has 18 heavy (non-hydrogen) atoms. The van der Waals surface area contributed by atoms with Gasteiger partial charge in [0.05, 0.1) is 0 Å². The number of nitrogens with two attached hydrogens (primary N) is 1. The number of nitrogens with one attached hydrogen (secondary N) is 1. The molecular weight excluding hydrogens is 230 g/mol. The Hall–Kier alpha value is -2.30. The highest BCUT2D eigenvalue weighted by Crippen LogP contribution is 2.26. The molecular formula is C13H13N3O2. The van der Waals surface area contributed by atoms with Crippen LogP contribution in [0.5, 0.6) is 0 Å². The molecule has 5 nitrogen and oxygen atoms in total. The Morgan fingerprint density at radius 1 is 1.28 bits per heavy atom. The van der Waals surface area contributed by atoms with Crippen LogP contribution in [-0.4, -0.2) is 16.4 Å². The Labute approximate surface area is 104 Å². The Morgan fingerprint density at radius 2 is 2.11 bits per heavy atom. The van der Waals surface area contributed by atoms with Crippen molar-refractivity contribution in [3.63, 3.8) is 0 Å². The van der Waals surface area contributed by atoms with Gasteiger partial charge >= 0.3 is 0 Å². The zero-order valence-electron chi connectivity index (χ0n) is 9.72. The number of hydrogen-bond acceptors (Lipinski definition) is 3. The third-order valence-electron chi connectivity index (χ3n) is 3.31. The summed E-state index contributed by atoms with van der Waals surface area (Å²) in [6.07, 6.45) is 4.67. The summed E-state index contributed by atoms with van der Waals surface area (Å²) in [6.45, 7) is 0. The van der Waals surface area contributed by atoms with Gasteiger partial charge in [0.2, 0.25) is 11.8 Å². The molecule has 1 unspecified atom stereocenters. The van der Waals surface area contributed by atoms with E-state index in [0.717, 1.165) is 10.8 Å². The smallest absolute Gasteiger partial charge is 0.249 e. The highest BCUT2D eigenvalue weighted by Gasteiger charge is 2.27. The van der Waals surface area contributed by atoms with Crippen molar-refractivity contribution in [3.05, 3.63) is 30.6 Å². The van der Waals surface area contributed by atoms with Gasteiger partial charge in [-0.05, 0) is 12.5 Å². The fourth-order valence-corrected chi connectivity index (χ4v) is 2.36. The van der Waals surface area contributed by atoms with E-state index in [1.807, 2.05) is 35.2 Å². The van der Waals surface area contributed by atoms with Crippen molar-refractivity contribution < 1.29 is 9.59 Å². The third-order valence-corrected chi connectivity index (χ3v) is 3.31. The maximum atomic E-state index is 11.8. The molecule has 1 atom stereocenters. The molecule has 1 saturated heterocycles. The molecule has 3 rings (SSSR count). The number of amides is 2. The lowest BCUT2D eigenvalue weighted by Crippen LogP contribution is -2.41. The minimum absolute atomic E-state index is 0.201. The van der Waals surface area contributed by atoms with Crippen LogP contribution in [0, 0.1) is 0 Å². The fraction of sp³-hybridized carbons (Fsp3) is 0.231. The lowest BCUT2D eigenvalue weighted by Gasteiger charge is -2.21. The van der Waals surface area contributed by atoms with E-state index in [9.17, 15) is 9.59 Å². The largest absolute Gasteiger partial charge is 0.398 e. The number of hydrogen-bond donors (Lipinski definition) is 2. The second-order valence-electron chi connectivity index (χ2n) is 4.52. The lowest BCUT2D eigenvalue weighted by molar-refractivity contribution is -0.135. The van der Waals surface area contributed by atoms with Gasteiger partial charge in [-0.1, -0.05) is 12.1 Å². The van der Waals surface area contributed by atoms with Gasteiger partial charge in [-0.3, -0.25) is 14.9 Å². The summed E-state index contributed by atoms with van der Waals surface area (Å²) < 4.78 is 1.84. The van der Waals surface area contributed by atoms with E-state index in [-0.39, 0.29) is 17.9 Å². The van der Waals surface area contributed by atoms with E-state index in [0.29, 0.717) is 18.5 Å². The molecule has 2 heterocycles.